The number of nitrogens with zero attached hydrogens (tertiary/aromatic N) is 1. The molecule has 0 bridgehead atoms. The number of aliphatic hydroxyl groups is 3. The van der Waals surface area contributed by atoms with Crippen LogP contribution >= 0.6 is 7.82 Å². The van der Waals surface area contributed by atoms with Crippen molar-refractivity contribution < 1.29 is 57.4 Å². The first-order valence-electron chi connectivity index (χ1n) is 22.6. The van der Waals surface area contributed by atoms with Gasteiger partial charge in [-0.25, -0.2) is 4.57 Å². The Morgan fingerprint density at radius 1 is 0.763 bits per heavy atom. The number of hydrogen-bond acceptors (Lipinski definition) is 10. The van der Waals surface area contributed by atoms with Crippen molar-refractivity contribution in [2.75, 3.05) is 47.5 Å². The number of carbonyl (C=O) groups is 2. The zero-order chi connectivity index (χ0) is 43.8. The van der Waals surface area contributed by atoms with Crippen LogP contribution in [0.15, 0.2) is 48.6 Å². The molecule has 0 saturated heterocycles. The van der Waals surface area contributed by atoms with E-state index >= 15 is 0 Å². The first-order chi connectivity index (χ1) is 28.2. The predicted molar refractivity (Wildman–Crippen MR) is 235 cm³/mol. The molecule has 342 valence electrons. The van der Waals surface area contributed by atoms with Gasteiger partial charge in [-0.15, -0.1) is 0 Å². The summed E-state index contributed by atoms with van der Waals surface area (Å²) in [5.74, 6) is -1.74. The number of phosphoric acid groups is 1. The lowest BCUT2D eigenvalue weighted by Crippen LogP contribution is -2.37. The Morgan fingerprint density at radius 3 is 2.05 bits per heavy atom. The van der Waals surface area contributed by atoms with Crippen LogP contribution < -0.4 is 0 Å². The lowest BCUT2D eigenvalue weighted by Gasteiger charge is -2.24. The van der Waals surface area contributed by atoms with Gasteiger partial charge >= 0.3 is 19.8 Å². The number of hydrogen-bond donors (Lipinski definition) is 4. The largest absolute Gasteiger partial charge is 0.472 e. The van der Waals surface area contributed by atoms with Gasteiger partial charge in [0.05, 0.1) is 52.5 Å². The number of carbonyl (C=O) groups excluding carboxylic acids is 2. The second-order valence-corrected chi connectivity index (χ2v) is 18.5. The fraction of sp³-hybridized carbons (Fsp3) is 0.783. The molecule has 12 nitrogen and oxygen atoms in total. The fourth-order valence-corrected chi connectivity index (χ4v) is 7.52. The van der Waals surface area contributed by atoms with E-state index < -0.39 is 50.8 Å². The summed E-state index contributed by atoms with van der Waals surface area (Å²) in [6.45, 7) is 3.89. The molecule has 1 fully saturated rings. The van der Waals surface area contributed by atoms with Gasteiger partial charge in [0.1, 0.15) is 19.8 Å². The summed E-state index contributed by atoms with van der Waals surface area (Å²) >= 11 is 0. The summed E-state index contributed by atoms with van der Waals surface area (Å²) in [6.07, 6.45) is 31.4. The van der Waals surface area contributed by atoms with Crippen LogP contribution in [0.2, 0.25) is 0 Å². The number of likely N-dealkylation sites (N-methyl/N-ethyl adjacent to an activating group) is 1. The number of aliphatic hydroxyl groups excluding tert-OH is 3. The summed E-state index contributed by atoms with van der Waals surface area (Å²) in [6, 6.07) is 0. The van der Waals surface area contributed by atoms with E-state index in [0.717, 1.165) is 51.4 Å². The van der Waals surface area contributed by atoms with E-state index in [2.05, 4.69) is 38.2 Å². The normalized spacial score (nSPS) is 20.9. The van der Waals surface area contributed by atoms with E-state index in [4.69, 9.17) is 18.5 Å². The summed E-state index contributed by atoms with van der Waals surface area (Å²) in [5.41, 5.74) is 0. The zero-order valence-electron chi connectivity index (χ0n) is 37.3. The van der Waals surface area contributed by atoms with E-state index in [1.54, 1.807) is 24.3 Å². The molecule has 1 saturated carbocycles. The van der Waals surface area contributed by atoms with E-state index in [-0.39, 0.29) is 44.3 Å². The molecule has 0 aliphatic heterocycles. The van der Waals surface area contributed by atoms with Gasteiger partial charge in [0.15, 0.2) is 6.10 Å². The first-order valence-corrected chi connectivity index (χ1v) is 24.1. The number of quaternary nitrogens is 1. The van der Waals surface area contributed by atoms with Crippen molar-refractivity contribution in [3.8, 4) is 0 Å². The molecule has 4 N–H and O–H groups in total. The molecule has 0 amide bonds. The minimum atomic E-state index is -4.47. The minimum Gasteiger partial charge on any atom is -0.462 e. The average molecular weight is 857 g/mol. The molecule has 1 aliphatic carbocycles. The third kappa shape index (κ3) is 30.5. The highest BCUT2D eigenvalue weighted by molar-refractivity contribution is 7.47. The van der Waals surface area contributed by atoms with Gasteiger partial charge < -0.3 is 34.2 Å². The molecule has 1 rings (SSSR count). The third-order valence-corrected chi connectivity index (χ3v) is 11.4. The Labute approximate surface area is 357 Å². The molecule has 0 heterocycles. The molecule has 7 atom stereocenters. The van der Waals surface area contributed by atoms with Gasteiger partial charge in [0, 0.05) is 18.8 Å². The summed E-state index contributed by atoms with van der Waals surface area (Å²) in [4.78, 5) is 35.6. The van der Waals surface area contributed by atoms with Crippen LogP contribution in [0, 0.1) is 11.8 Å². The van der Waals surface area contributed by atoms with Crippen molar-refractivity contribution in [3.63, 3.8) is 0 Å². The van der Waals surface area contributed by atoms with Gasteiger partial charge in [0.25, 0.3) is 0 Å². The highest BCUT2D eigenvalue weighted by Crippen LogP contribution is 2.43. The van der Waals surface area contributed by atoms with Crippen molar-refractivity contribution >= 4 is 19.8 Å². The molecule has 0 spiro atoms. The molecule has 0 aromatic carbocycles. The van der Waals surface area contributed by atoms with Crippen molar-refractivity contribution in [1.82, 2.24) is 0 Å². The SMILES string of the molecule is CCCCC/C=C\C/C=C\CCCCCCCCCC(=O)OC[C@H](COP(=O)(O)OCC[N+](C)(C)C)OC(=O)C/C=C\C[C@H]1[C@@H](/C=C/[C@H](O)CCCCC)[C@H](O)C[C@@H]1O. The first kappa shape index (κ1) is 54.9. The lowest BCUT2D eigenvalue weighted by atomic mass is 9.89. The second kappa shape index (κ2) is 33.5. The monoisotopic (exact) mass is 857 g/mol. The fourth-order valence-electron chi connectivity index (χ4n) is 6.78. The topological polar surface area (TPSA) is 169 Å². The molecule has 0 aromatic rings. The smallest absolute Gasteiger partial charge is 0.462 e. The standard InChI is InChI=1S/C46H82NO11P/c1-6-8-10-11-12-13-14-15-16-17-18-19-20-21-22-23-25-30-45(51)55-37-40(38-57-59(53,54)56-35-34-47(3,4)5)58-46(52)31-27-26-29-41-42(44(50)36-43(41)49)33-32-39(48)28-24-9-7-2/h12-13,15-16,26-27,32-33,39-44,48-50H,6-11,14,17-25,28-31,34-38H2,1-5H3/p+1/b13-12-,16-15-,27-26-,33-32+/t39-,40-,41+,42-,43+,44-/m1/s1. The van der Waals surface area contributed by atoms with E-state index in [0.29, 0.717) is 30.3 Å². The molecule has 1 unspecified atom stereocenters. The number of phosphoric ester groups is 1. The van der Waals surface area contributed by atoms with Crippen LogP contribution in [-0.2, 0) is 32.7 Å². The number of esters is 2. The molecule has 0 aromatic heterocycles. The Morgan fingerprint density at radius 2 is 1.39 bits per heavy atom. The predicted octanol–water partition coefficient (Wildman–Crippen LogP) is 9.07. The maximum atomic E-state index is 12.8. The lowest BCUT2D eigenvalue weighted by molar-refractivity contribution is -0.870. The van der Waals surface area contributed by atoms with Gasteiger partial charge in [-0.05, 0) is 57.3 Å². The summed E-state index contributed by atoms with van der Waals surface area (Å²) in [7, 11) is 1.27. The summed E-state index contributed by atoms with van der Waals surface area (Å²) in [5, 5.41) is 31.4. The average Bonchev–Trinajstić information content (AvgIpc) is 3.44. The number of unbranched alkanes of at least 4 members (excludes halogenated alkanes) is 12. The Bertz CT molecular complexity index is 1260. The Hall–Kier alpha value is -2.15. The zero-order valence-corrected chi connectivity index (χ0v) is 38.2. The second-order valence-electron chi connectivity index (χ2n) is 17.1. The molecule has 1 aliphatic rings. The number of rotatable bonds is 36. The van der Waals surface area contributed by atoms with Gasteiger partial charge in [0.2, 0.25) is 0 Å². The van der Waals surface area contributed by atoms with Crippen molar-refractivity contribution in [2.45, 2.75) is 173 Å². The van der Waals surface area contributed by atoms with E-state index in [1.165, 1.54) is 44.9 Å². The van der Waals surface area contributed by atoms with E-state index in [1.807, 2.05) is 21.1 Å². The van der Waals surface area contributed by atoms with Crippen molar-refractivity contribution in [1.29, 1.82) is 0 Å². The third-order valence-electron chi connectivity index (χ3n) is 10.4. The van der Waals surface area contributed by atoms with Crippen LogP contribution in [0.1, 0.15) is 149 Å². The maximum Gasteiger partial charge on any atom is 0.472 e. The number of ether oxygens (including phenoxy) is 2. The minimum absolute atomic E-state index is 0.0286. The van der Waals surface area contributed by atoms with Gasteiger partial charge in [-0.3, -0.25) is 18.6 Å². The van der Waals surface area contributed by atoms with Gasteiger partial charge in [-0.2, -0.15) is 0 Å². The molecule has 13 heteroatoms. The Kier molecular flexibility index (Phi) is 31.1. The summed E-state index contributed by atoms with van der Waals surface area (Å²) < 4.78 is 34.2. The maximum absolute atomic E-state index is 12.8. The van der Waals surface area contributed by atoms with Crippen molar-refractivity contribution in [3.05, 3.63) is 48.6 Å². The number of allylic oxidation sites excluding steroid dienone is 5. The van der Waals surface area contributed by atoms with Crippen LogP contribution in [0.25, 0.3) is 0 Å². The quantitative estimate of drug-likeness (QED) is 0.0156. The Balaban J connectivity index is 2.54. The molecule has 0 radical (unpaired) electrons. The highest BCUT2D eigenvalue weighted by atomic mass is 31.2. The molecular weight excluding hydrogens is 773 g/mol. The van der Waals surface area contributed by atoms with Crippen LogP contribution in [0.3, 0.4) is 0 Å². The van der Waals surface area contributed by atoms with Crippen LogP contribution in [0.5, 0.6) is 0 Å². The van der Waals surface area contributed by atoms with Crippen molar-refractivity contribution in [2.24, 2.45) is 11.8 Å². The highest BCUT2D eigenvalue weighted by Gasteiger charge is 2.39. The van der Waals surface area contributed by atoms with Crippen LogP contribution in [-0.4, -0.2) is 109 Å². The van der Waals surface area contributed by atoms with Crippen LogP contribution in [0.4, 0.5) is 0 Å². The van der Waals surface area contributed by atoms with Gasteiger partial charge in [-0.1, -0.05) is 127 Å². The molecular formula is C46H83NO11P+. The molecule has 59 heavy (non-hydrogen) atoms. The van der Waals surface area contributed by atoms with E-state index in [9.17, 15) is 34.4 Å².